The van der Waals surface area contributed by atoms with E-state index in [2.05, 4.69) is 51.0 Å². The van der Waals surface area contributed by atoms with Crippen LogP contribution in [0, 0.1) is 0 Å². The largest absolute Gasteiger partial charge is 0.476 e. The minimum atomic E-state index is -4.90. The molecule has 6 aromatic carbocycles. The number of ether oxygens (including phenoxy) is 2. The Bertz CT molecular complexity index is 5060. The number of amides is 2. The number of nitrogens with one attached hydrogen (secondary N) is 2. The molecule has 0 aliphatic heterocycles. The molecule has 0 unspecified atom stereocenters. The van der Waals surface area contributed by atoms with Gasteiger partial charge >= 0.3 is 24.5 Å². The molecule has 0 saturated heterocycles. The molecule has 2 amide bonds. The Kier molecular flexibility index (Phi) is 30.9. The summed E-state index contributed by atoms with van der Waals surface area (Å²) in [5.41, 5.74) is -4.06. The second-order valence-electron chi connectivity index (χ2n) is 23.3. The normalized spacial score (nSPS) is 11.8. The molecule has 0 aliphatic carbocycles. The van der Waals surface area contributed by atoms with Gasteiger partial charge in [-0.25, -0.2) is 53.6 Å². The maximum Gasteiger partial charge on any atom is 0.417 e. The Labute approximate surface area is 651 Å². The van der Waals surface area contributed by atoms with Gasteiger partial charge in [0, 0.05) is 68.0 Å². The van der Waals surface area contributed by atoms with Crippen LogP contribution in [0.5, 0.6) is 0 Å². The van der Waals surface area contributed by atoms with Crippen LogP contribution in [0.25, 0.3) is 0 Å². The van der Waals surface area contributed by atoms with Crippen molar-refractivity contribution in [1.82, 2.24) is 15.0 Å². The molecule has 21 nitrogen and oxygen atoms in total. The van der Waals surface area contributed by atoms with Crippen LogP contribution in [0.15, 0.2) is 197 Å². The van der Waals surface area contributed by atoms with Crippen LogP contribution >= 0.6 is 69.6 Å². The van der Waals surface area contributed by atoms with E-state index in [9.17, 15) is 84.3 Å². The first kappa shape index (κ1) is 89.2. The molecule has 0 bridgehead atoms. The fourth-order valence-electron chi connectivity index (χ4n) is 9.71. The van der Waals surface area contributed by atoms with Crippen LogP contribution in [-0.2, 0) is 58.1 Å². The van der Waals surface area contributed by atoms with Gasteiger partial charge < -0.3 is 29.7 Å². The van der Waals surface area contributed by atoms with Gasteiger partial charge in [-0.2, -0.15) is 39.5 Å². The van der Waals surface area contributed by atoms with Gasteiger partial charge in [-0.05, 0) is 151 Å². The number of nitrogens with zero attached hydrogens (tertiary/aromatic N) is 7. The molecule has 109 heavy (non-hydrogen) atoms. The molecule has 584 valence electrons. The average Bonchev–Trinajstić information content (AvgIpc) is 0.764. The molecule has 9 rings (SSSR count). The van der Waals surface area contributed by atoms with E-state index in [-0.39, 0.29) is 49.9 Å². The van der Waals surface area contributed by atoms with Gasteiger partial charge in [0.05, 0.1) is 78.6 Å². The number of carbonyl (C=O) groups is 3. The van der Waals surface area contributed by atoms with Crippen LogP contribution in [0.1, 0.15) is 89.7 Å². The molecule has 3 N–H and O–H groups in total. The van der Waals surface area contributed by atoms with Gasteiger partial charge in [0.2, 0.25) is 0 Å². The van der Waals surface area contributed by atoms with Crippen molar-refractivity contribution in [3.8, 4) is 0 Å². The number of carboxylic acid groups (broad SMARTS) is 1. The van der Waals surface area contributed by atoms with Crippen molar-refractivity contribution < 1.29 is 93.7 Å². The van der Waals surface area contributed by atoms with E-state index in [1.165, 1.54) is 41.1 Å². The number of benzene rings is 6. The highest BCUT2D eigenvalue weighted by Crippen LogP contribution is 2.42. The highest BCUT2D eigenvalue weighted by atomic mass is 35.5. The number of hydrogen-bond acceptors (Lipinski definition) is 15. The number of pyridine rings is 3. The zero-order valence-electron chi connectivity index (χ0n) is 57.9. The lowest BCUT2D eigenvalue weighted by Crippen LogP contribution is -2.40. The number of alkyl halides is 9. The smallest absolute Gasteiger partial charge is 0.417 e. The minimum absolute atomic E-state index is 0.00857. The third-order valence-corrected chi connectivity index (χ3v) is 20.8. The maximum absolute atomic E-state index is 13.7. The van der Waals surface area contributed by atoms with Crippen LogP contribution in [0.4, 0.5) is 73.6 Å². The first-order valence-corrected chi connectivity index (χ1v) is 37.9. The molecule has 3 aromatic heterocycles. The third kappa shape index (κ3) is 23.4. The van der Waals surface area contributed by atoms with Crippen molar-refractivity contribution >= 4 is 152 Å². The molecule has 3 heterocycles. The van der Waals surface area contributed by atoms with Crippen LogP contribution in [0.2, 0.25) is 30.1 Å². The van der Waals surface area contributed by atoms with Crippen molar-refractivity contribution in [2.24, 2.45) is 0 Å². The monoisotopic (exact) mass is 1700 g/mol. The number of rotatable bonds is 22. The zero-order valence-corrected chi connectivity index (χ0v) is 64.9. The van der Waals surface area contributed by atoms with Gasteiger partial charge in [0.25, 0.3) is 41.9 Å². The van der Waals surface area contributed by atoms with Gasteiger partial charge in [0.1, 0.15) is 13.5 Å². The SMILES string of the molecule is CC(C)N(C(=O)c1ncc(Cl)cc1NS(=O)(=O)c1ccc(Cl)c(C(F)(F)F)c1)c1ccccc1.CC(C)Nc1ccccc1.COCN(c1cc(Cl)cnc1C(=O)N(c1ccccc1)C(C)C)S(=O)(=O)c1ccc(Cl)c(C(F)(F)F)c1.COCN(c1cc(Cl)cnc1C(=O)O)S(=O)(=O)c1ccc(Cl)c(C(F)(F)F)c1. The van der Waals surface area contributed by atoms with Crippen molar-refractivity contribution in [3.63, 3.8) is 0 Å². The summed E-state index contributed by atoms with van der Waals surface area (Å²) in [5.74, 6) is -2.87. The summed E-state index contributed by atoms with van der Waals surface area (Å²) in [6.45, 7) is 9.94. The number of aromatic carboxylic acids is 1. The average molecular weight is 1700 g/mol. The predicted octanol–water partition coefficient (Wildman–Crippen LogP) is 18.9. The molecule has 9 aromatic rings. The van der Waals surface area contributed by atoms with E-state index >= 15 is 0 Å². The highest BCUT2D eigenvalue weighted by Gasteiger charge is 2.40. The lowest BCUT2D eigenvalue weighted by molar-refractivity contribution is -0.138. The summed E-state index contributed by atoms with van der Waals surface area (Å²) in [6.07, 6.45) is -11.4. The Morgan fingerprint density at radius 3 is 1.15 bits per heavy atom. The Balaban J connectivity index is 0.000000241. The second kappa shape index (κ2) is 37.8. The summed E-state index contributed by atoms with van der Waals surface area (Å²) < 4.78 is 211. The summed E-state index contributed by atoms with van der Waals surface area (Å²) in [7, 11) is -11.7. The number of para-hydroxylation sites is 3. The van der Waals surface area contributed by atoms with E-state index in [4.69, 9.17) is 79.1 Å². The van der Waals surface area contributed by atoms with Crippen LogP contribution < -0.4 is 28.4 Å². The topological polar surface area (TPSA) is 268 Å². The standard InChI is InChI=1S/C24H22Cl2F3N3O4S.C22H18Cl2F3N3O3S.C15H11Cl2F3N2O5S.C9H13N/c1-15(2)32(17-7-5-4-6-8-17)23(33)22-21(11-16(25)13-30-22)31(14-36-3)37(34,35)18-9-10-20(26)19(12-18)24(27,28)29;1-13(2)30(15-6-4-3-5-7-15)21(31)20-19(10-14(23)12-28-20)29-34(32,33)16-8-9-18(24)17(11-16)22(25,26)27;1-27-7-22(12-4-8(16)6-21-13(12)14(23)24)28(25,26)9-2-3-11(17)10(5-9)15(18,19)20;1-8(2)10-9-6-4-3-5-7-9/h4-13,15H,14H2,1-3H3;3-13,29H,1-2H3;2-6H,7H2,1H3,(H,23,24);3-8,10H,1-2H3. The number of aromatic nitrogens is 3. The van der Waals surface area contributed by atoms with E-state index in [0.717, 1.165) is 61.8 Å². The second-order valence-corrected chi connectivity index (χ2v) is 31.3. The Morgan fingerprint density at radius 2 is 0.789 bits per heavy atom. The maximum atomic E-state index is 13.7. The van der Waals surface area contributed by atoms with Crippen LogP contribution in [0.3, 0.4) is 0 Å². The van der Waals surface area contributed by atoms with Crippen molar-refractivity contribution in [3.05, 3.63) is 246 Å². The van der Waals surface area contributed by atoms with Crippen molar-refractivity contribution in [2.75, 3.05) is 56.1 Å². The molecule has 0 spiro atoms. The highest BCUT2D eigenvalue weighted by molar-refractivity contribution is 7.93. The minimum Gasteiger partial charge on any atom is -0.476 e. The van der Waals surface area contributed by atoms with E-state index in [0.29, 0.717) is 44.2 Å². The Hall–Kier alpha value is -8.74. The first-order valence-electron chi connectivity index (χ1n) is 31.2. The predicted molar refractivity (Wildman–Crippen MR) is 400 cm³/mol. The number of carbonyl (C=O) groups excluding carboxylic acids is 2. The number of anilines is 6. The van der Waals surface area contributed by atoms with E-state index in [1.54, 1.807) is 88.4 Å². The number of hydrogen-bond donors (Lipinski definition) is 3. The van der Waals surface area contributed by atoms with Gasteiger partial charge in [-0.1, -0.05) is 124 Å². The molecule has 0 fully saturated rings. The first-order chi connectivity index (χ1) is 50.8. The summed E-state index contributed by atoms with van der Waals surface area (Å²) >= 11 is 34.6. The van der Waals surface area contributed by atoms with E-state index < -0.39 is 138 Å². The van der Waals surface area contributed by atoms with Gasteiger partial charge in [-0.3, -0.25) is 14.3 Å². The van der Waals surface area contributed by atoms with Crippen LogP contribution in [-0.4, -0.2) is 109 Å². The van der Waals surface area contributed by atoms with Crippen molar-refractivity contribution in [2.45, 2.75) is 92.9 Å². The fourth-order valence-corrected chi connectivity index (χ4v) is 14.7. The third-order valence-electron chi connectivity index (χ3n) is 14.4. The van der Waals surface area contributed by atoms with Gasteiger partial charge in [0.15, 0.2) is 17.1 Å². The number of sulfonamides is 3. The number of halogens is 15. The number of carboxylic acids is 1. The molecular formula is C70H64Cl6F9N9O12S3. The summed E-state index contributed by atoms with van der Waals surface area (Å²) in [4.78, 5) is 50.8. The molecule has 0 radical (unpaired) electrons. The molecule has 0 atom stereocenters. The lowest BCUT2D eigenvalue weighted by atomic mass is 10.2. The Morgan fingerprint density at radius 1 is 0.459 bits per heavy atom. The summed E-state index contributed by atoms with van der Waals surface area (Å²) in [5, 5.41) is 10.5. The molecule has 0 saturated carbocycles. The zero-order chi connectivity index (χ0) is 81.5. The number of methoxy groups -OCH3 is 2. The van der Waals surface area contributed by atoms with Gasteiger partial charge in [-0.15, -0.1) is 0 Å². The van der Waals surface area contributed by atoms with Crippen molar-refractivity contribution in [1.29, 1.82) is 0 Å². The molecular weight excluding hydrogens is 1640 g/mol. The lowest BCUT2D eigenvalue weighted by Gasteiger charge is -2.30. The fraction of sp³-hybridized carbons (Fsp3) is 0.229. The summed E-state index contributed by atoms with van der Waals surface area (Å²) in [6, 6.07) is 37.0. The quantitative estimate of drug-likeness (QED) is 0.0420. The molecule has 0 aliphatic rings. The van der Waals surface area contributed by atoms with E-state index in [1.807, 2.05) is 18.2 Å². The molecule has 39 heteroatoms.